The quantitative estimate of drug-likeness (QED) is 0.676. The number of nitrogens with zero attached hydrogens (tertiary/aromatic N) is 1. The van der Waals surface area contributed by atoms with Crippen LogP contribution in [0.1, 0.15) is 41.6 Å². The molecule has 0 saturated carbocycles. The molecule has 0 radical (unpaired) electrons. The third kappa shape index (κ3) is 6.34. The van der Waals surface area contributed by atoms with Crippen molar-refractivity contribution in [1.82, 2.24) is 4.67 Å². The highest BCUT2D eigenvalue weighted by Gasteiger charge is 2.39. The molecule has 0 aromatic heterocycles. The highest BCUT2D eigenvalue weighted by atomic mass is 31.2. The molecule has 7 heteroatoms. The van der Waals surface area contributed by atoms with Crippen molar-refractivity contribution in [2.45, 2.75) is 46.7 Å². The Balaban J connectivity index is 3.29. The van der Waals surface area contributed by atoms with Gasteiger partial charge >= 0.3 is 13.8 Å². The fourth-order valence-corrected chi connectivity index (χ4v) is 3.19. The Morgan fingerprint density at radius 1 is 1.17 bits per heavy atom. The van der Waals surface area contributed by atoms with Gasteiger partial charge in [-0.15, -0.1) is 0 Å². The number of ether oxygens (including phenoxy) is 1. The highest BCUT2D eigenvalue weighted by molar-refractivity contribution is 7.52. The van der Waals surface area contributed by atoms with E-state index in [4.69, 9.17) is 15.2 Å². The zero-order valence-electron chi connectivity index (χ0n) is 15.3. The summed E-state index contributed by atoms with van der Waals surface area (Å²) in [6.07, 6.45) is -0.920. The maximum atomic E-state index is 13.1. The Kier molecular flexibility index (Phi) is 6.63. The van der Waals surface area contributed by atoms with Crippen LogP contribution in [-0.4, -0.2) is 29.6 Å². The van der Waals surface area contributed by atoms with Crippen molar-refractivity contribution in [3.05, 3.63) is 35.9 Å². The van der Waals surface area contributed by atoms with Gasteiger partial charge < -0.3 is 4.74 Å². The monoisotopic (exact) mass is 344 g/mol. The van der Waals surface area contributed by atoms with Crippen molar-refractivity contribution < 1.29 is 24.5 Å². The molecule has 0 aliphatic rings. The lowest BCUT2D eigenvalue weighted by atomic mass is 10.2. The smallest absolute Gasteiger partial charge is 0.440 e. The first-order chi connectivity index (χ1) is 11.1. The van der Waals surface area contributed by atoms with Crippen LogP contribution in [0.2, 0.25) is 0 Å². The van der Waals surface area contributed by atoms with Crippen molar-refractivity contribution >= 4 is 13.8 Å². The summed E-state index contributed by atoms with van der Waals surface area (Å²) < 4.78 is 38.1. The van der Waals surface area contributed by atoms with E-state index in [0.717, 1.165) is 4.67 Å². The standard InChI is InChI=1S/C16H26NO5P/c1-6-20-23(19,21-7-2)17(15(18)22-16(3,4)5)13-14-11-9-8-10-12-14/h8-12H,6-7,13H2,1-5H3/i13D. The van der Waals surface area contributed by atoms with E-state index in [-0.39, 0.29) is 13.2 Å². The Morgan fingerprint density at radius 3 is 2.13 bits per heavy atom. The fourth-order valence-electron chi connectivity index (χ4n) is 1.70. The second-order valence-electron chi connectivity index (χ2n) is 5.67. The molecule has 0 spiro atoms. The Hall–Kier alpha value is -1.36. The van der Waals surface area contributed by atoms with Gasteiger partial charge in [0.1, 0.15) is 5.60 Å². The van der Waals surface area contributed by atoms with Crippen LogP contribution in [0.15, 0.2) is 30.3 Å². The highest BCUT2D eigenvalue weighted by Crippen LogP contribution is 2.53. The summed E-state index contributed by atoms with van der Waals surface area (Å²) in [4.78, 5) is 12.6. The molecule has 1 amide bonds. The second-order valence-corrected chi connectivity index (χ2v) is 7.55. The van der Waals surface area contributed by atoms with Gasteiger partial charge in [-0.05, 0) is 40.2 Å². The van der Waals surface area contributed by atoms with E-state index < -0.39 is 26.0 Å². The van der Waals surface area contributed by atoms with Gasteiger partial charge in [0.2, 0.25) is 0 Å². The lowest BCUT2D eigenvalue weighted by Crippen LogP contribution is -2.35. The molecular weight excluding hydrogens is 317 g/mol. The summed E-state index contributed by atoms with van der Waals surface area (Å²) in [6.45, 7) is 7.20. The maximum absolute atomic E-state index is 13.1. The number of rotatable bonds is 7. The number of hydrogen-bond donors (Lipinski definition) is 0. The van der Waals surface area contributed by atoms with E-state index in [1.54, 1.807) is 65.0 Å². The molecule has 0 aliphatic heterocycles. The Bertz CT molecular complexity index is 566. The third-order valence-corrected chi connectivity index (χ3v) is 4.48. The van der Waals surface area contributed by atoms with Crippen molar-refractivity contribution in [3.8, 4) is 0 Å². The van der Waals surface area contributed by atoms with Crippen LogP contribution < -0.4 is 0 Å². The van der Waals surface area contributed by atoms with Crippen LogP contribution in [0.25, 0.3) is 0 Å². The molecule has 1 atom stereocenters. The van der Waals surface area contributed by atoms with Crippen molar-refractivity contribution in [1.29, 1.82) is 0 Å². The van der Waals surface area contributed by atoms with Gasteiger partial charge in [0.15, 0.2) is 0 Å². The van der Waals surface area contributed by atoms with Gasteiger partial charge in [0.05, 0.1) is 21.1 Å². The average Bonchev–Trinajstić information content (AvgIpc) is 2.46. The Morgan fingerprint density at radius 2 is 1.70 bits per heavy atom. The molecule has 1 aromatic carbocycles. The summed E-state index contributed by atoms with van der Waals surface area (Å²) in [6, 6.07) is 8.58. The first kappa shape index (κ1) is 18.0. The van der Waals surface area contributed by atoms with E-state index >= 15 is 0 Å². The average molecular weight is 344 g/mol. The summed E-state index contributed by atoms with van der Waals surface area (Å²) in [5.41, 5.74) is -0.336. The third-order valence-electron chi connectivity index (χ3n) is 2.50. The summed E-state index contributed by atoms with van der Waals surface area (Å²) >= 11 is 0. The number of carbonyl (C=O) groups excluding carboxylic acids is 1. The molecule has 0 fully saturated rings. The van der Waals surface area contributed by atoms with E-state index in [2.05, 4.69) is 0 Å². The SMILES string of the molecule is [2H]C(c1ccccc1)N(C(=O)OC(C)(C)C)P(=O)(OCC)OCC. The first-order valence-corrected chi connectivity index (χ1v) is 9.03. The molecule has 6 nitrogen and oxygen atoms in total. The molecule has 130 valence electrons. The van der Waals surface area contributed by atoms with Gasteiger partial charge in [0, 0.05) is 0 Å². The van der Waals surface area contributed by atoms with Crippen molar-refractivity contribution in [2.24, 2.45) is 0 Å². The molecule has 23 heavy (non-hydrogen) atoms. The predicted molar refractivity (Wildman–Crippen MR) is 89.1 cm³/mol. The minimum Gasteiger partial charge on any atom is -0.443 e. The van der Waals surface area contributed by atoms with Crippen LogP contribution in [0.4, 0.5) is 4.79 Å². The molecule has 1 aromatic rings. The molecule has 1 unspecified atom stereocenters. The van der Waals surface area contributed by atoms with Crippen LogP contribution in [0.5, 0.6) is 0 Å². The number of carbonyl (C=O) groups is 1. The second kappa shape index (κ2) is 8.48. The lowest BCUT2D eigenvalue weighted by Gasteiger charge is -2.31. The topological polar surface area (TPSA) is 65.1 Å². The van der Waals surface area contributed by atoms with E-state index in [1.165, 1.54) is 0 Å². The maximum Gasteiger partial charge on any atom is 0.440 e. The number of benzene rings is 1. The zero-order valence-corrected chi connectivity index (χ0v) is 15.2. The largest absolute Gasteiger partial charge is 0.443 e. The molecule has 0 saturated heterocycles. The first-order valence-electron chi connectivity index (χ1n) is 8.11. The van der Waals surface area contributed by atoms with Gasteiger partial charge in [-0.1, -0.05) is 30.3 Å². The number of hydrogen-bond acceptors (Lipinski definition) is 5. The van der Waals surface area contributed by atoms with Crippen molar-refractivity contribution in [2.75, 3.05) is 13.2 Å². The molecule has 0 aliphatic carbocycles. The van der Waals surface area contributed by atoms with E-state index in [9.17, 15) is 9.36 Å². The molecular formula is C16H26NO5P. The van der Waals surface area contributed by atoms with Crippen LogP contribution in [0.3, 0.4) is 0 Å². The van der Waals surface area contributed by atoms with Gasteiger partial charge in [-0.3, -0.25) is 9.05 Å². The van der Waals surface area contributed by atoms with Crippen molar-refractivity contribution in [3.63, 3.8) is 0 Å². The summed E-state index contributed by atoms with van der Waals surface area (Å²) in [5, 5.41) is 0. The van der Waals surface area contributed by atoms with Crippen LogP contribution in [0, 0.1) is 0 Å². The van der Waals surface area contributed by atoms with Gasteiger partial charge in [-0.25, -0.2) is 14.0 Å². The van der Waals surface area contributed by atoms with Crippen LogP contribution in [-0.2, 0) is 24.9 Å². The lowest BCUT2D eigenvalue weighted by molar-refractivity contribution is 0.0306. The molecule has 0 heterocycles. The zero-order chi connectivity index (χ0) is 18.4. The van der Waals surface area contributed by atoms with Gasteiger partial charge in [-0.2, -0.15) is 0 Å². The minimum atomic E-state index is -4.02. The summed E-state index contributed by atoms with van der Waals surface area (Å²) in [5.74, 6) is 0. The fraction of sp³-hybridized carbons (Fsp3) is 0.562. The van der Waals surface area contributed by atoms with E-state index in [0.29, 0.717) is 5.56 Å². The molecule has 0 N–H and O–H groups in total. The predicted octanol–water partition coefficient (Wildman–Crippen LogP) is 4.60. The van der Waals surface area contributed by atoms with E-state index in [1.807, 2.05) is 0 Å². The Labute approximate surface area is 139 Å². The van der Waals surface area contributed by atoms with Crippen LogP contribution >= 0.6 is 7.75 Å². The number of amides is 1. The van der Waals surface area contributed by atoms with Gasteiger partial charge in [0.25, 0.3) is 0 Å². The normalized spacial score (nSPS) is 14.0. The molecule has 1 rings (SSSR count). The minimum absolute atomic E-state index is 0.0675. The molecule has 0 bridgehead atoms. The summed E-state index contributed by atoms with van der Waals surface area (Å²) in [7, 11) is -4.02.